The summed E-state index contributed by atoms with van der Waals surface area (Å²) < 4.78 is 24.8. The summed E-state index contributed by atoms with van der Waals surface area (Å²) in [6.07, 6.45) is 3.29. The monoisotopic (exact) mass is 335 g/mol. The molecule has 0 bridgehead atoms. The predicted octanol–water partition coefficient (Wildman–Crippen LogP) is 2.47. The lowest BCUT2D eigenvalue weighted by molar-refractivity contribution is 0.555. The van der Waals surface area contributed by atoms with E-state index >= 15 is 0 Å². The number of alkyl halides is 1. The summed E-state index contributed by atoms with van der Waals surface area (Å²) in [5.74, 6) is 1.15. The van der Waals surface area contributed by atoms with Crippen molar-refractivity contribution in [3.05, 3.63) is 23.1 Å². The highest BCUT2D eigenvalue weighted by Gasteiger charge is 2.20. The Labute approximate surface area is 127 Å². The molecule has 0 fully saturated rings. The van der Waals surface area contributed by atoms with Crippen molar-refractivity contribution < 1.29 is 8.42 Å². The van der Waals surface area contributed by atoms with Gasteiger partial charge in [-0.2, -0.15) is 0 Å². The van der Waals surface area contributed by atoms with E-state index in [1.165, 1.54) is 12.5 Å². The summed E-state index contributed by atoms with van der Waals surface area (Å²) in [5.41, 5.74) is 1.28. The Morgan fingerprint density at radius 2 is 2.15 bits per heavy atom. The van der Waals surface area contributed by atoms with Crippen LogP contribution in [0.2, 0.25) is 5.02 Å². The minimum absolute atomic E-state index is 0.0258. The van der Waals surface area contributed by atoms with Gasteiger partial charge in [0.1, 0.15) is 21.2 Å². The van der Waals surface area contributed by atoms with Crippen LogP contribution in [0.15, 0.2) is 12.3 Å². The standard InChI is InChI=1S/C12H15Cl2N3O2S/c1-8(7-20(2,18)19)17-11(3-4-13)16-10-5-9(14)6-15-12(10)17/h5-6,8H,3-4,7H2,1-2H3. The normalized spacial score (nSPS) is 13.8. The van der Waals surface area contributed by atoms with E-state index in [2.05, 4.69) is 9.97 Å². The van der Waals surface area contributed by atoms with Gasteiger partial charge in [-0.15, -0.1) is 11.6 Å². The van der Waals surface area contributed by atoms with Gasteiger partial charge in [-0.1, -0.05) is 11.6 Å². The minimum Gasteiger partial charge on any atom is -0.309 e. The highest BCUT2D eigenvalue weighted by molar-refractivity contribution is 7.90. The molecule has 0 aliphatic carbocycles. The molecule has 0 aromatic carbocycles. The van der Waals surface area contributed by atoms with Crippen LogP contribution in [0.5, 0.6) is 0 Å². The van der Waals surface area contributed by atoms with Crippen LogP contribution < -0.4 is 0 Å². The largest absolute Gasteiger partial charge is 0.309 e. The molecular weight excluding hydrogens is 321 g/mol. The summed E-state index contributed by atoms with van der Waals surface area (Å²) in [6, 6.07) is 1.45. The molecule has 0 spiro atoms. The van der Waals surface area contributed by atoms with Crippen LogP contribution in [0.1, 0.15) is 18.8 Å². The summed E-state index contributed by atoms with van der Waals surface area (Å²) in [6.45, 7) is 1.83. The highest BCUT2D eigenvalue weighted by atomic mass is 35.5. The van der Waals surface area contributed by atoms with Gasteiger partial charge in [-0.3, -0.25) is 0 Å². The average molecular weight is 336 g/mol. The number of rotatable bonds is 5. The van der Waals surface area contributed by atoms with Gasteiger partial charge in [-0.05, 0) is 13.0 Å². The maximum absolute atomic E-state index is 11.5. The first-order valence-corrected chi connectivity index (χ1v) is 9.05. The molecule has 0 saturated carbocycles. The number of aryl methyl sites for hydroxylation is 1. The third-order valence-corrected chi connectivity index (χ3v) is 4.36. The molecule has 0 N–H and O–H groups in total. The van der Waals surface area contributed by atoms with E-state index in [4.69, 9.17) is 23.2 Å². The average Bonchev–Trinajstić information content (AvgIpc) is 2.64. The molecule has 2 rings (SSSR count). The van der Waals surface area contributed by atoms with Gasteiger partial charge in [0, 0.05) is 30.8 Å². The second-order valence-electron chi connectivity index (χ2n) is 4.77. The van der Waals surface area contributed by atoms with Gasteiger partial charge in [-0.25, -0.2) is 18.4 Å². The van der Waals surface area contributed by atoms with Gasteiger partial charge in [0.25, 0.3) is 0 Å². The summed E-state index contributed by atoms with van der Waals surface area (Å²) in [5, 5.41) is 0.496. The van der Waals surface area contributed by atoms with Crippen molar-refractivity contribution in [2.75, 3.05) is 17.9 Å². The Bertz CT molecular complexity index is 728. The summed E-state index contributed by atoms with van der Waals surface area (Å²) in [4.78, 5) is 8.72. The molecule has 2 aromatic heterocycles. The molecule has 2 heterocycles. The fourth-order valence-corrected chi connectivity index (χ4v) is 3.59. The third-order valence-electron chi connectivity index (χ3n) is 2.87. The lowest BCUT2D eigenvalue weighted by Crippen LogP contribution is -2.19. The topological polar surface area (TPSA) is 64.8 Å². The summed E-state index contributed by atoms with van der Waals surface area (Å²) in [7, 11) is -3.09. The lowest BCUT2D eigenvalue weighted by Gasteiger charge is -2.15. The smallest absolute Gasteiger partial charge is 0.160 e. The molecule has 0 aliphatic heterocycles. The first-order chi connectivity index (χ1) is 9.31. The zero-order chi connectivity index (χ0) is 14.9. The summed E-state index contributed by atoms with van der Waals surface area (Å²) >= 11 is 11.7. The van der Waals surface area contributed by atoms with Crippen LogP contribution in [0.3, 0.4) is 0 Å². The van der Waals surface area contributed by atoms with E-state index in [0.29, 0.717) is 28.5 Å². The van der Waals surface area contributed by atoms with Crippen LogP contribution in [0.4, 0.5) is 0 Å². The second-order valence-corrected chi connectivity index (χ2v) is 7.77. The van der Waals surface area contributed by atoms with Crippen LogP contribution >= 0.6 is 23.2 Å². The minimum atomic E-state index is -3.09. The Morgan fingerprint density at radius 3 is 2.75 bits per heavy atom. The van der Waals surface area contributed by atoms with Crippen LogP contribution in [-0.4, -0.2) is 40.8 Å². The lowest BCUT2D eigenvalue weighted by atomic mass is 10.3. The van der Waals surface area contributed by atoms with Crippen molar-refractivity contribution in [1.29, 1.82) is 0 Å². The number of aromatic nitrogens is 3. The quantitative estimate of drug-likeness (QED) is 0.787. The number of imidazole rings is 1. The Morgan fingerprint density at radius 1 is 1.45 bits per heavy atom. The van der Waals surface area contributed by atoms with Crippen LogP contribution in [-0.2, 0) is 16.3 Å². The fourth-order valence-electron chi connectivity index (χ4n) is 2.24. The van der Waals surface area contributed by atoms with E-state index in [1.807, 2.05) is 11.5 Å². The van der Waals surface area contributed by atoms with Crippen molar-refractivity contribution in [2.24, 2.45) is 0 Å². The van der Waals surface area contributed by atoms with Gasteiger partial charge >= 0.3 is 0 Å². The molecule has 0 radical (unpaired) electrons. The van der Waals surface area contributed by atoms with Crippen molar-refractivity contribution in [2.45, 2.75) is 19.4 Å². The molecule has 0 aliphatic rings. The van der Waals surface area contributed by atoms with Crippen molar-refractivity contribution in [3.8, 4) is 0 Å². The van der Waals surface area contributed by atoms with Crippen molar-refractivity contribution in [1.82, 2.24) is 14.5 Å². The second kappa shape index (κ2) is 5.87. The first-order valence-electron chi connectivity index (χ1n) is 6.08. The molecule has 1 atom stereocenters. The first kappa shape index (κ1) is 15.5. The van der Waals surface area contributed by atoms with Gasteiger partial charge in [0.05, 0.1) is 10.8 Å². The molecular formula is C12H15Cl2N3O2S. The highest BCUT2D eigenvalue weighted by Crippen LogP contribution is 2.23. The predicted molar refractivity (Wildman–Crippen MR) is 81.4 cm³/mol. The van der Waals surface area contributed by atoms with Crippen molar-refractivity contribution >= 4 is 44.2 Å². The zero-order valence-electron chi connectivity index (χ0n) is 11.2. The number of pyridine rings is 1. The Kier molecular flexibility index (Phi) is 4.56. The zero-order valence-corrected chi connectivity index (χ0v) is 13.5. The molecule has 2 aromatic rings. The third kappa shape index (κ3) is 3.42. The number of hydrogen-bond acceptors (Lipinski definition) is 4. The molecule has 0 saturated heterocycles. The van der Waals surface area contributed by atoms with E-state index < -0.39 is 9.84 Å². The number of hydrogen-bond donors (Lipinski definition) is 0. The van der Waals surface area contributed by atoms with E-state index in [0.717, 1.165) is 5.82 Å². The molecule has 8 heteroatoms. The molecule has 5 nitrogen and oxygen atoms in total. The SMILES string of the molecule is CC(CS(C)(=O)=O)n1c(CCCl)nc2cc(Cl)cnc21. The van der Waals surface area contributed by atoms with Gasteiger partial charge < -0.3 is 4.57 Å². The van der Waals surface area contributed by atoms with E-state index in [-0.39, 0.29) is 11.8 Å². The fraction of sp³-hybridized carbons (Fsp3) is 0.500. The van der Waals surface area contributed by atoms with E-state index in [1.54, 1.807) is 6.07 Å². The number of halogens is 2. The Hall–Kier alpha value is -0.850. The molecule has 0 amide bonds. The number of nitrogens with zero attached hydrogens (tertiary/aromatic N) is 3. The maximum atomic E-state index is 11.5. The molecule has 20 heavy (non-hydrogen) atoms. The van der Waals surface area contributed by atoms with Crippen molar-refractivity contribution in [3.63, 3.8) is 0 Å². The maximum Gasteiger partial charge on any atom is 0.160 e. The molecule has 110 valence electrons. The number of fused-ring (bicyclic) bond motifs is 1. The van der Waals surface area contributed by atoms with E-state index in [9.17, 15) is 8.42 Å². The van der Waals surface area contributed by atoms with Gasteiger partial charge in [0.2, 0.25) is 0 Å². The van der Waals surface area contributed by atoms with Gasteiger partial charge in [0.15, 0.2) is 5.65 Å². The molecule has 1 unspecified atom stereocenters. The van der Waals surface area contributed by atoms with Crippen LogP contribution in [0, 0.1) is 0 Å². The van der Waals surface area contributed by atoms with Crippen LogP contribution in [0.25, 0.3) is 11.2 Å². The number of sulfone groups is 1. The Balaban J connectivity index is 2.56.